The fourth-order valence-corrected chi connectivity index (χ4v) is 7.12. The lowest BCUT2D eigenvalue weighted by Crippen LogP contribution is -2.39. The van der Waals surface area contributed by atoms with E-state index >= 15 is 0 Å². The number of halogens is 1. The van der Waals surface area contributed by atoms with E-state index in [1.807, 2.05) is 0 Å². The second-order valence-electron chi connectivity index (χ2n) is 7.99. The summed E-state index contributed by atoms with van der Waals surface area (Å²) < 4.78 is 31.8. The third-order valence-corrected chi connectivity index (χ3v) is 9.28. The normalized spacial score (nSPS) is 15.2. The molecule has 0 bridgehead atoms. The zero-order chi connectivity index (χ0) is 22.7. The number of nitrogens with zero attached hydrogens (tertiary/aromatic N) is 2. The summed E-state index contributed by atoms with van der Waals surface area (Å²) in [6.07, 6.45) is 3.30. The van der Waals surface area contributed by atoms with Crippen LogP contribution in [0, 0.1) is 0 Å². The zero-order valence-electron chi connectivity index (χ0n) is 18.3. The van der Waals surface area contributed by atoms with Crippen LogP contribution in [0.1, 0.15) is 31.7 Å². The highest BCUT2D eigenvalue weighted by atomic mass is 35.5. The maximum Gasteiger partial charge on any atom is 0.185 e. The van der Waals surface area contributed by atoms with Crippen LogP contribution in [0.25, 0.3) is 11.3 Å². The smallest absolute Gasteiger partial charge is 0.185 e. The van der Waals surface area contributed by atoms with Gasteiger partial charge in [0, 0.05) is 29.1 Å². The Kier molecular flexibility index (Phi) is 7.08. The van der Waals surface area contributed by atoms with Crippen molar-refractivity contribution < 1.29 is 13.2 Å². The Labute approximate surface area is 198 Å². The number of hydrogen-bond donors (Lipinski definition) is 0. The van der Waals surface area contributed by atoms with E-state index in [-0.39, 0.29) is 4.90 Å². The fraction of sp³-hybridized carbons (Fsp3) is 0.375. The van der Waals surface area contributed by atoms with Crippen LogP contribution >= 0.6 is 22.9 Å². The Balaban J connectivity index is 1.45. The van der Waals surface area contributed by atoms with Crippen molar-refractivity contribution in [2.24, 2.45) is 0 Å². The molecule has 0 amide bonds. The Morgan fingerprint density at radius 3 is 2.53 bits per heavy atom. The van der Waals surface area contributed by atoms with Gasteiger partial charge in [0.2, 0.25) is 0 Å². The van der Waals surface area contributed by atoms with Gasteiger partial charge < -0.3 is 9.64 Å². The molecule has 0 spiro atoms. The molecule has 3 aromatic rings. The molecule has 5 nitrogen and oxygen atoms in total. The summed E-state index contributed by atoms with van der Waals surface area (Å²) in [6.45, 7) is 3.48. The molecule has 1 saturated heterocycles. The maximum absolute atomic E-state index is 13.3. The molecule has 0 unspecified atom stereocenters. The first-order valence-electron chi connectivity index (χ1n) is 10.8. The number of rotatable bonds is 7. The van der Waals surface area contributed by atoms with E-state index in [2.05, 4.69) is 41.5 Å². The number of sulfone groups is 1. The molecule has 170 valence electrons. The molecule has 0 atom stereocenters. The van der Waals surface area contributed by atoms with E-state index in [0.717, 1.165) is 29.2 Å². The highest BCUT2D eigenvalue weighted by Gasteiger charge is 2.34. The molecule has 2 aromatic carbocycles. The van der Waals surface area contributed by atoms with E-state index in [0.29, 0.717) is 36.7 Å². The largest absolute Gasteiger partial charge is 0.495 e. The molecule has 8 heteroatoms. The summed E-state index contributed by atoms with van der Waals surface area (Å²) in [6, 6.07) is 13.3. The quantitative estimate of drug-likeness (QED) is 0.414. The standard InChI is InChI=1S/C24H27ClN2O3S2/c1-3-4-17-5-7-18(8-6-17)21-16-31-24(26-21)27-13-11-20(12-14-27)32(28,29)23-15-19(25)9-10-22(23)30-2/h5-10,15-16,20H,3-4,11-14H2,1-2H3. The molecule has 32 heavy (non-hydrogen) atoms. The molecular formula is C24H27ClN2O3S2. The zero-order valence-corrected chi connectivity index (χ0v) is 20.6. The van der Waals surface area contributed by atoms with Crippen molar-refractivity contribution in [3.8, 4) is 17.0 Å². The highest BCUT2D eigenvalue weighted by molar-refractivity contribution is 7.92. The summed E-state index contributed by atoms with van der Waals surface area (Å²) in [5, 5.41) is 2.94. The minimum absolute atomic E-state index is 0.175. The lowest BCUT2D eigenvalue weighted by Gasteiger charge is -2.31. The average molecular weight is 491 g/mol. The van der Waals surface area contributed by atoms with Crippen molar-refractivity contribution in [3.63, 3.8) is 0 Å². The van der Waals surface area contributed by atoms with Crippen LogP contribution in [-0.2, 0) is 16.3 Å². The van der Waals surface area contributed by atoms with Crippen molar-refractivity contribution in [3.05, 3.63) is 58.4 Å². The Morgan fingerprint density at radius 2 is 1.88 bits per heavy atom. The SMILES string of the molecule is CCCc1ccc(-c2csc(N3CCC(S(=O)(=O)c4cc(Cl)ccc4OC)CC3)n2)cc1. The van der Waals surface area contributed by atoms with Crippen molar-refractivity contribution in [1.82, 2.24) is 4.98 Å². The van der Waals surface area contributed by atoms with E-state index in [4.69, 9.17) is 21.3 Å². The van der Waals surface area contributed by atoms with E-state index in [9.17, 15) is 8.42 Å². The van der Waals surface area contributed by atoms with Gasteiger partial charge in [-0.1, -0.05) is 49.2 Å². The summed E-state index contributed by atoms with van der Waals surface area (Å²) >= 11 is 7.67. The lowest BCUT2D eigenvalue weighted by atomic mass is 10.1. The number of methoxy groups -OCH3 is 1. The number of thiazole rings is 1. The fourth-order valence-electron chi connectivity index (χ4n) is 4.08. The Morgan fingerprint density at radius 1 is 1.16 bits per heavy atom. The number of benzene rings is 2. The van der Waals surface area contributed by atoms with Crippen LogP contribution in [0.15, 0.2) is 52.7 Å². The Bertz CT molecular complexity index is 1170. The molecule has 0 aliphatic carbocycles. The lowest BCUT2D eigenvalue weighted by molar-refractivity contribution is 0.402. The minimum Gasteiger partial charge on any atom is -0.495 e. The monoisotopic (exact) mass is 490 g/mol. The van der Waals surface area contributed by atoms with Crippen LogP contribution < -0.4 is 9.64 Å². The van der Waals surface area contributed by atoms with Gasteiger partial charge in [-0.25, -0.2) is 13.4 Å². The van der Waals surface area contributed by atoms with E-state index in [1.54, 1.807) is 23.5 Å². The number of piperidine rings is 1. The van der Waals surface area contributed by atoms with Crippen molar-refractivity contribution in [2.45, 2.75) is 42.8 Å². The topological polar surface area (TPSA) is 59.5 Å². The second kappa shape index (κ2) is 9.81. The summed E-state index contributed by atoms with van der Waals surface area (Å²) in [7, 11) is -2.06. The van der Waals surface area contributed by atoms with E-state index < -0.39 is 15.1 Å². The highest BCUT2D eigenvalue weighted by Crippen LogP contribution is 2.35. The molecule has 0 radical (unpaired) electrons. The van der Waals surface area contributed by atoms with E-state index in [1.165, 1.54) is 18.7 Å². The number of ether oxygens (including phenoxy) is 1. The van der Waals surface area contributed by atoms with Gasteiger partial charge in [-0.2, -0.15) is 0 Å². The third-order valence-electron chi connectivity index (χ3n) is 5.86. The average Bonchev–Trinajstić information content (AvgIpc) is 3.30. The molecule has 0 N–H and O–H groups in total. The molecule has 0 saturated carbocycles. The molecular weight excluding hydrogens is 464 g/mol. The number of hydrogen-bond acceptors (Lipinski definition) is 6. The summed E-state index contributed by atoms with van der Waals surface area (Å²) in [5.74, 6) is 0.339. The molecule has 1 aromatic heterocycles. The van der Waals surface area contributed by atoms with Crippen LogP contribution in [0.3, 0.4) is 0 Å². The Hall–Kier alpha value is -2.09. The van der Waals surface area contributed by atoms with Crippen LogP contribution in [-0.4, -0.2) is 38.9 Å². The first-order chi connectivity index (χ1) is 15.4. The predicted octanol–water partition coefficient (Wildman–Crippen LogP) is 5.87. The van der Waals surface area contributed by atoms with Gasteiger partial charge in [0.1, 0.15) is 10.6 Å². The van der Waals surface area contributed by atoms with Gasteiger partial charge in [-0.3, -0.25) is 0 Å². The molecule has 1 fully saturated rings. The second-order valence-corrected chi connectivity index (χ2v) is 11.5. The summed E-state index contributed by atoms with van der Waals surface area (Å²) in [4.78, 5) is 7.18. The first kappa shape index (κ1) is 23.1. The number of aryl methyl sites for hydroxylation is 1. The van der Waals surface area contributed by atoms with Crippen molar-refractivity contribution in [1.29, 1.82) is 0 Å². The maximum atomic E-state index is 13.3. The molecule has 1 aliphatic rings. The minimum atomic E-state index is -3.53. The van der Waals surface area contributed by atoms with Gasteiger partial charge >= 0.3 is 0 Å². The number of anilines is 1. The molecule has 4 rings (SSSR count). The van der Waals surface area contributed by atoms with Gasteiger partial charge in [0.15, 0.2) is 15.0 Å². The van der Waals surface area contributed by atoms with Gasteiger partial charge in [-0.05, 0) is 43.0 Å². The van der Waals surface area contributed by atoms with Crippen LogP contribution in [0.2, 0.25) is 5.02 Å². The van der Waals surface area contributed by atoms with Gasteiger partial charge in [-0.15, -0.1) is 11.3 Å². The third kappa shape index (κ3) is 4.80. The first-order valence-corrected chi connectivity index (χ1v) is 13.6. The van der Waals surface area contributed by atoms with Gasteiger partial charge in [0.25, 0.3) is 0 Å². The molecule has 2 heterocycles. The van der Waals surface area contributed by atoms with Crippen molar-refractivity contribution in [2.75, 3.05) is 25.1 Å². The number of aromatic nitrogens is 1. The van der Waals surface area contributed by atoms with Crippen LogP contribution in [0.4, 0.5) is 5.13 Å². The predicted molar refractivity (Wildman–Crippen MR) is 132 cm³/mol. The summed E-state index contributed by atoms with van der Waals surface area (Å²) in [5.41, 5.74) is 3.41. The van der Waals surface area contributed by atoms with Gasteiger partial charge in [0.05, 0.1) is 18.1 Å². The molecule has 1 aliphatic heterocycles. The van der Waals surface area contributed by atoms with Crippen LogP contribution in [0.5, 0.6) is 5.75 Å². The van der Waals surface area contributed by atoms with Crippen molar-refractivity contribution >= 4 is 37.9 Å².